The van der Waals surface area contributed by atoms with Gasteiger partial charge in [-0.05, 0) is 31.7 Å². The molecule has 0 atom stereocenters. The van der Waals surface area contributed by atoms with Gasteiger partial charge in [0.2, 0.25) is 5.91 Å². The summed E-state index contributed by atoms with van der Waals surface area (Å²) in [5.74, 6) is 0.113. The molecule has 3 nitrogen and oxygen atoms in total. The molecule has 1 saturated carbocycles. The second-order valence-electron chi connectivity index (χ2n) is 4.01. The SMILES string of the molecule is CCC1(CNC(=O)CNC)CCC1. The zero-order valence-corrected chi connectivity index (χ0v) is 8.65. The molecule has 1 aliphatic rings. The third-order valence-corrected chi connectivity index (χ3v) is 3.16. The van der Waals surface area contributed by atoms with E-state index in [9.17, 15) is 4.79 Å². The molecule has 1 rings (SSSR count). The molecule has 0 heterocycles. The summed E-state index contributed by atoms with van der Waals surface area (Å²) in [5, 5.41) is 5.82. The molecule has 0 aromatic carbocycles. The molecule has 3 heteroatoms. The van der Waals surface area contributed by atoms with Crippen LogP contribution >= 0.6 is 0 Å². The summed E-state index contributed by atoms with van der Waals surface area (Å²) in [6.07, 6.45) is 5.08. The van der Waals surface area contributed by atoms with Gasteiger partial charge in [-0.25, -0.2) is 0 Å². The van der Waals surface area contributed by atoms with Gasteiger partial charge in [-0.2, -0.15) is 0 Å². The third-order valence-electron chi connectivity index (χ3n) is 3.16. The Hall–Kier alpha value is -0.570. The fourth-order valence-corrected chi connectivity index (χ4v) is 1.84. The van der Waals surface area contributed by atoms with Gasteiger partial charge >= 0.3 is 0 Å². The van der Waals surface area contributed by atoms with Crippen LogP contribution in [0.25, 0.3) is 0 Å². The minimum absolute atomic E-state index is 0.113. The summed E-state index contributed by atoms with van der Waals surface area (Å²) >= 11 is 0. The molecule has 1 aliphatic carbocycles. The molecule has 0 radical (unpaired) electrons. The third kappa shape index (κ3) is 2.69. The zero-order valence-electron chi connectivity index (χ0n) is 8.65. The van der Waals surface area contributed by atoms with E-state index in [2.05, 4.69) is 17.6 Å². The van der Waals surface area contributed by atoms with E-state index >= 15 is 0 Å². The van der Waals surface area contributed by atoms with Crippen molar-refractivity contribution < 1.29 is 4.79 Å². The summed E-state index contributed by atoms with van der Waals surface area (Å²) in [4.78, 5) is 11.2. The number of carbonyl (C=O) groups excluding carboxylic acids is 1. The molecular weight excluding hydrogens is 164 g/mol. The van der Waals surface area contributed by atoms with Crippen molar-refractivity contribution in [3.8, 4) is 0 Å². The van der Waals surface area contributed by atoms with Gasteiger partial charge in [-0.3, -0.25) is 4.79 Å². The zero-order chi connectivity index (χ0) is 9.73. The molecule has 0 aromatic rings. The number of likely N-dealkylation sites (N-methyl/N-ethyl adjacent to an activating group) is 1. The van der Waals surface area contributed by atoms with Gasteiger partial charge in [0.05, 0.1) is 6.54 Å². The van der Waals surface area contributed by atoms with Crippen LogP contribution in [-0.2, 0) is 4.79 Å². The Bertz CT molecular complexity index is 170. The molecular formula is C10H20N2O. The highest BCUT2D eigenvalue weighted by Crippen LogP contribution is 2.42. The van der Waals surface area contributed by atoms with Crippen molar-refractivity contribution in [3.05, 3.63) is 0 Å². The van der Waals surface area contributed by atoms with Crippen molar-refractivity contribution in [1.82, 2.24) is 10.6 Å². The van der Waals surface area contributed by atoms with Crippen molar-refractivity contribution in [2.75, 3.05) is 20.1 Å². The Morgan fingerprint density at radius 1 is 1.46 bits per heavy atom. The fraction of sp³-hybridized carbons (Fsp3) is 0.900. The number of amides is 1. The van der Waals surface area contributed by atoms with Crippen molar-refractivity contribution in [1.29, 1.82) is 0 Å². The Morgan fingerprint density at radius 2 is 2.15 bits per heavy atom. The maximum absolute atomic E-state index is 11.2. The van der Waals surface area contributed by atoms with Crippen LogP contribution in [0.2, 0.25) is 0 Å². The largest absolute Gasteiger partial charge is 0.354 e. The Balaban J connectivity index is 2.20. The van der Waals surface area contributed by atoms with Crippen molar-refractivity contribution in [2.24, 2.45) is 5.41 Å². The molecule has 0 aliphatic heterocycles. The number of carbonyl (C=O) groups is 1. The first-order valence-electron chi connectivity index (χ1n) is 5.14. The first-order chi connectivity index (χ1) is 6.22. The molecule has 0 spiro atoms. The minimum atomic E-state index is 0.113. The number of hydrogen-bond donors (Lipinski definition) is 2. The number of hydrogen-bond acceptors (Lipinski definition) is 2. The van der Waals surface area contributed by atoms with Gasteiger partial charge in [0.15, 0.2) is 0 Å². The van der Waals surface area contributed by atoms with Crippen molar-refractivity contribution in [3.63, 3.8) is 0 Å². The minimum Gasteiger partial charge on any atom is -0.354 e. The average Bonchev–Trinajstić information content (AvgIpc) is 2.04. The molecule has 2 N–H and O–H groups in total. The lowest BCUT2D eigenvalue weighted by Gasteiger charge is -2.41. The lowest BCUT2D eigenvalue weighted by molar-refractivity contribution is -0.121. The van der Waals surface area contributed by atoms with Gasteiger partial charge in [-0.15, -0.1) is 0 Å². The second-order valence-corrected chi connectivity index (χ2v) is 4.01. The lowest BCUT2D eigenvalue weighted by Crippen LogP contribution is -2.43. The summed E-state index contributed by atoms with van der Waals surface area (Å²) in [7, 11) is 1.79. The predicted octanol–water partition coefficient (Wildman–Crippen LogP) is 0.902. The molecule has 76 valence electrons. The van der Waals surface area contributed by atoms with Gasteiger partial charge in [0.25, 0.3) is 0 Å². The first-order valence-corrected chi connectivity index (χ1v) is 5.14. The normalized spacial score (nSPS) is 19.2. The van der Waals surface area contributed by atoms with Crippen LogP contribution in [0.5, 0.6) is 0 Å². The van der Waals surface area contributed by atoms with E-state index in [0.717, 1.165) is 6.54 Å². The van der Waals surface area contributed by atoms with Crippen LogP contribution in [0.15, 0.2) is 0 Å². The van der Waals surface area contributed by atoms with Gasteiger partial charge in [0, 0.05) is 6.54 Å². The average molecular weight is 184 g/mol. The van der Waals surface area contributed by atoms with Gasteiger partial charge < -0.3 is 10.6 Å². The highest BCUT2D eigenvalue weighted by atomic mass is 16.1. The van der Waals surface area contributed by atoms with E-state index < -0.39 is 0 Å². The van der Waals surface area contributed by atoms with E-state index in [1.165, 1.54) is 25.7 Å². The molecule has 0 unspecified atom stereocenters. The standard InChI is InChI=1S/C10H20N2O/c1-3-10(5-4-6-10)8-12-9(13)7-11-2/h11H,3-8H2,1-2H3,(H,12,13). The Labute approximate surface area is 80.3 Å². The summed E-state index contributed by atoms with van der Waals surface area (Å²) < 4.78 is 0. The summed E-state index contributed by atoms with van der Waals surface area (Å²) in [6, 6.07) is 0. The molecule has 13 heavy (non-hydrogen) atoms. The van der Waals surface area contributed by atoms with E-state index in [0.29, 0.717) is 12.0 Å². The van der Waals surface area contributed by atoms with Crippen LogP contribution in [0, 0.1) is 5.41 Å². The lowest BCUT2D eigenvalue weighted by atomic mass is 9.67. The molecule has 0 bridgehead atoms. The molecule has 1 amide bonds. The number of rotatable bonds is 5. The topological polar surface area (TPSA) is 41.1 Å². The van der Waals surface area contributed by atoms with Crippen LogP contribution in [0.1, 0.15) is 32.6 Å². The molecule has 1 fully saturated rings. The van der Waals surface area contributed by atoms with Gasteiger partial charge in [-0.1, -0.05) is 13.3 Å². The molecule has 0 saturated heterocycles. The van der Waals surface area contributed by atoms with E-state index in [1.807, 2.05) is 0 Å². The summed E-state index contributed by atoms with van der Waals surface area (Å²) in [6.45, 7) is 3.51. The maximum Gasteiger partial charge on any atom is 0.233 e. The van der Waals surface area contributed by atoms with Crippen LogP contribution in [0.4, 0.5) is 0 Å². The van der Waals surface area contributed by atoms with Crippen LogP contribution in [0.3, 0.4) is 0 Å². The van der Waals surface area contributed by atoms with E-state index in [4.69, 9.17) is 0 Å². The highest BCUT2D eigenvalue weighted by Gasteiger charge is 2.34. The fourth-order valence-electron chi connectivity index (χ4n) is 1.84. The monoisotopic (exact) mass is 184 g/mol. The van der Waals surface area contributed by atoms with Crippen LogP contribution < -0.4 is 10.6 Å². The van der Waals surface area contributed by atoms with Crippen LogP contribution in [-0.4, -0.2) is 26.0 Å². The Kier molecular flexibility index (Phi) is 3.72. The second kappa shape index (κ2) is 4.61. The highest BCUT2D eigenvalue weighted by molar-refractivity contribution is 5.77. The Morgan fingerprint density at radius 3 is 2.54 bits per heavy atom. The van der Waals surface area contributed by atoms with Crippen molar-refractivity contribution in [2.45, 2.75) is 32.6 Å². The van der Waals surface area contributed by atoms with Crippen molar-refractivity contribution >= 4 is 5.91 Å². The predicted molar refractivity (Wildman–Crippen MR) is 53.5 cm³/mol. The quantitative estimate of drug-likeness (QED) is 0.666. The van der Waals surface area contributed by atoms with E-state index in [1.54, 1.807) is 7.05 Å². The number of nitrogens with one attached hydrogen (secondary N) is 2. The first kappa shape index (κ1) is 10.5. The summed E-state index contributed by atoms with van der Waals surface area (Å²) in [5.41, 5.74) is 0.434. The van der Waals surface area contributed by atoms with Gasteiger partial charge in [0.1, 0.15) is 0 Å². The molecule has 0 aromatic heterocycles. The smallest absolute Gasteiger partial charge is 0.233 e. The van der Waals surface area contributed by atoms with E-state index in [-0.39, 0.29) is 5.91 Å². The maximum atomic E-state index is 11.2.